The van der Waals surface area contributed by atoms with E-state index in [1.165, 1.54) is 25.7 Å². The number of hydrogen-bond donors (Lipinski definition) is 1. The lowest BCUT2D eigenvalue weighted by Gasteiger charge is -2.26. The van der Waals surface area contributed by atoms with E-state index in [4.69, 9.17) is 0 Å². The number of hydrogen-bond acceptors (Lipinski definition) is 4. The first-order valence-electron chi connectivity index (χ1n) is 7.12. The summed E-state index contributed by atoms with van der Waals surface area (Å²) in [6, 6.07) is 2.28. The molecule has 0 radical (unpaired) electrons. The zero-order chi connectivity index (χ0) is 13.7. The van der Waals surface area contributed by atoms with E-state index in [-0.39, 0.29) is 5.69 Å². The molecule has 0 amide bonds. The van der Waals surface area contributed by atoms with Gasteiger partial charge in [-0.3, -0.25) is 0 Å². The first kappa shape index (κ1) is 11.7. The highest BCUT2D eigenvalue weighted by molar-refractivity contribution is 5.90. The van der Waals surface area contributed by atoms with Gasteiger partial charge in [0.1, 0.15) is 5.82 Å². The third-order valence-corrected chi connectivity index (χ3v) is 4.45. The van der Waals surface area contributed by atoms with E-state index >= 15 is 0 Å². The number of nitrogens with zero attached hydrogens (tertiary/aromatic N) is 4. The van der Waals surface area contributed by atoms with Gasteiger partial charge in [-0.2, -0.15) is 9.61 Å². The lowest BCUT2D eigenvalue weighted by molar-refractivity contribution is 0.0689. The molecule has 20 heavy (non-hydrogen) atoms. The predicted molar refractivity (Wildman–Crippen MR) is 73.3 cm³/mol. The molecule has 1 N–H and O–H groups in total. The summed E-state index contributed by atoms with van der Waals surface area (Å²) in [6.45, 7) is 0.876. The van der Waals surface area contributed by atoms with Gasteiger partial charge in [-0.1, -0.05) is 12.8 Å². The summed E-state index contributed by atoms with van der Waals surface area (Å²) < 4.78 is 1.80. The second-order valence-electron chi connectivity index (χ2n) is 5.55. The second kappa shape index (κ2) is 4.19. The summed E-state index contributed by atoms with van der Waals surface area (Å²) in [6.07, 6.45) is 7.32. The third kappa shape index (κ3) is 1.54. The summed E-state index contributed by atoms with van der Waals surface area (Å²) in [5.74, 6) is 0.00234. The van der Waals surface area contributed by atoms with Gasteiger partial charge in [-0.25, -0.2) is 9.78 Å². The molecule has 104 valence electrons. The predicted octanol–water partition coefficient (Wildman–Crippen LogP) is 1.73. The normalized spacial score (nSPS) is 18.9. The molecule has 4 rings (SSSR count). The standard InChI is InChI=1S/C14H16N4O2/c19-14(20)12-10-6-8-17(9-3-1-2-4-9)13(10)18-11(16-12)5-7-15-18/h5,7,9H,1-4,6,8H2,(H,19,20). The third-order valence-electron chi connectivity index (χ3n) is 4.45. The van der Waals surface area contributed by atoms with E-state index in [1.54, 1.807) is 16.8 Å². The van der Waals surface area contributed by atoms with Crippen LogP contribution in [0.15, 0.2) is 12.3 Å². The number of carboxylic acid groups (broad SMARTS) is 1. The molecule has 0 bridgehead atoms. The second-order valence-corrected chi connectivity index (χ2v) is 5.55. The molecule has 6 heteroatoms. The highest BCUT2D eigenvalue weighted by Gasteiger charge is 2.34. The first-order chi connectivity index (χ1) is 9.75. The number of carboxylic acids is 1. The molecule has 0 atom stereocenters. The van der Waals surface area contributed by atoms with Crippen LogP contribution >= 0.6 is 0 Å². The van der Waals surface area contributed by atoms with Crippen molar-refractivity contribution < 1.29 is 9.90 Å². The molecule has 1 saturated carbocycles. The molecular weight excluding hydrogens is 256 g/mol. The number of rotatable bonds is 2. The lowest BCUT2D eigenvalue weighted by Crippen LogP contribution is -2.32. The number of aromatic carboxylic acids is 1. The van der Waals surface area contributed by atoms with Crippen LogP contribution in [0.25, 0.3) is 5.65 Å². The monoisotopic (exact) mass is 272 g/mol. The minimum absolute atomic E-state index is 0.188. The van der Waals surface area contributed by atoms with Crippen LogP contribution in [0.2, 0.25) is 0 Å². The van der Waals surface area contributed by atoms with Crippen LogP contribution in [-0.4, -0.2) is 38.3 Å². The smallest absolute Gasteiger partial charge is 0.355 e. The first-order valence-corrected chi connectivity index (χ1v) is 7.12. The number of aromatic nitrogens is 3. The van der Waals surface area contributed by atoms with Gasteiger partial charge in [0.05, 0.1) is 6.20 Å². The topological polar surface area (TPSA) is 70.7 Å². The number of carbonyl (C=O) groups is 1. The average molecular weight is 272 g/mol. The van der Waals surface area contributed by atoms with Crippen LogP contribution in [0.3, 0.4) is 0 Å². The van der Waals surface area contributed by atoms with Crippen molar-refractivity contribution in [1.29, 1.82) is 0 Å². The minimum atomic E-state index is -0.946. The maximum atomic E-state index is 11.4. The van der Waals surface area contributed by atoms with Crippen molar-refractivity contribution in [1.82, 2.24) is 14.6 Å². The van der Waals surface area contributed by atoms with Crippen LogP contribution in [0.5, 0.6) is 0 Å². The zero-order valence-corrected chi connectivity index (χ0v) is 11.1. The average Bonchev–Trinajstić information content (AvgIpc) is 3.16. The van der Waals surface area contributed by atoms with E-state index in [1.807, 2.05) is 0 Å². The molecule has 2 aromatic heterocycles. The van der Waals surface area contributed by atoms with Crippen molar-refractivity contribution in [3.63, 3.8) is 0 Å². The highest BCUT2D eigenvalue weighted by Crippen LogP contribution is 2.36. The van der Waals surface area contributed by atoms with Gasteiger partial charge in [-0.05, 0) is 19.3 Å². The molecular formula is C14H16N4O2. The fourth-order valence-corrected chi connectivity index (χ4v) is 3.57. The quantitative estimate of drug-likeness (QED) is 0.901. The van der Waals surface area contributed by atoms with Crippen molar-refractivity contribution in [2.45, 2.75) is 38.1 Å². The van der Waals surface area contributed by atoms with E-state index in [9.17, 15) is 9.90 Å². The van der Waals surface area contributed by atoms with E-state index < -0.39 is 5.97 Å². The summed E-state index contributed by atoms with van der Waals surface area (Å²) in [4.78, 5) is 18.0. The van der Waals surface area contributed by atoms with Crippen molar-refractivity contribution in [2.75, 3.05) is 11.4 Å². The number of anilines is 1. The SMILES string of the molecule is O=C(O)c1nc2ccnn2c2c1CCN2C1CCCC1. The summed E-state index contributed by atoms with van der Waals surface area (Å²) in [5.41, 5.74) is 1.64. The zero-order valence-electron chi connectivity index (χ0n) is 11.1. The molecule has 0 aromatic carbocycles. The minimum Gasteiger partial charge on any atom is -0.476 e. The van der Waals surface area contributed by atoms with Gasteiger partial charge in [0, 0.05) is 24.2 Å². The Balaban J connectivity index is 1.93. The molecule has 0 spiro atoms. The van der Waals surface area contributed by atoms with E-state index in [2.05, 4.69) is 15.0 Å². The van der Waals surface area contributed by atoms with Crippen LogP contribution < -0.4 is 4.90 Å². The summed E-state index contributed by atoms with van der Waals surface area (Å²) in [7, 11) is 0. The Kier molecular flexibility index (Phi) is 2.45. The van der Waals surface area contributed by atoms with Gasteiger partial charge in [0.25, 0.3) is 0 Å². The van der Waals surface area contributed by atoms with Crippen LogP contribution in [0, 0.1) is 0 Å². The highest BCUT2D eigenvalue weighted by atomic mass is 16.4. The molecule has 6 nitrogen and oxygen atoms in total. The maximum Gasteiger partial charge on any atom is 0.355 e. The fourth-order valence-electron chi connectivity index (χ4n) is 3.57. The summed E-state index contributed by atoms with van der Waals surface area (Å²) >= 11 is 0. The Bertz CT molecular complexity index is 688. The maximum absolute atomic E-state index is 11.4. The van der Waals surface area contributed by atoms with Gasteiger partial charge in [0.15, 0.2) is 11.3 Å². The van der Waals surface area contributed by atoms with Gasteiger partial charge in [-0.15, -0.1) is 0 Å². The Labute approximate surface area is 116 Å². The van der Waals surface area contributed by atoms with Gasteiger partial charge in [0.2, 0.25) is 0 Å². The number of fused-ring (bicyclic) bond motifs is 3. The molecule has 3 heterocycles. The Morgan fingerprint density at radius 3 is 2.90 bits per heavy atom. The van der Waals surface area contributed by atoms with Gasteiger partial charge >= 0.3 is 5.97 Å². The van der Waals surface area contributed by atoms with Crippen molar-refractivity contribution in [2.24, 2.45) is 0 Å². The van der Waals surface area contributed by atoms with E-state index in [0.717, 1.165) is 24.3 Å². The van der Waals surface area contributed by atoms with Crippen molar-refractivity contribution in [3.8, 4) is 0 Å². The Morgan fingerprint density at radius 2 is 2.15 bits per heavy atom. The Morgan fingerprint density at radius 1 is 1.35 bits per heavy atom. The molecule has 1 fully saturated rings. The van der Waals surface area contributed by atoms with Crippen LogP contribution in [0.1, 0.15) is 41.7 Å². The molecule has 0 saturated heterocycles. The van der Waals surface area contributed by atoms with Gasteiger partial charge < -0.3 is 10.0 Å². The molecule has 2 aliphatic rings. The molecule has 2 aromatic rings. The lowest BCUT2D eigenvalue weighted by atomic mass is 10.2. The van der Waals surface area contributed by atoms with Crippen LogP contribution in [-0.2, 0) is 6.42 Å². The van der Waals surface area contributed by atoms with E-state index in [0.29, 0.717) is 11.7 Å². The molecule has 0 unspecified atom stereocenters. The molecule has 1 aliphatic heterocycles. The van der Waals surface area contributed by atoms with Crippen molar-refractivity contribution in [3.05, 3.63) is 23.5 Å². The summed E-state index contributed by atoms with van der Waals surface area (Å²) in [5, 5.41) is 13.7. The molecule has 1 aliphatic carbocycles. The Hall–Kier alpha value is -2.11. The van der Waals surface area contributed by atoms with Crippen LogP contribution in [0.4, 0.5) is 5.82 Å². The largest absolute Gasteiger partial charge is 0.476 e. The van der Waals surface area contributed by atoms with Crippen molar-refractivity contribution >= 4 is 17.4 Å². The fraction of sp³-hybridized carbons (Fsp3) is 0.500.